The maximum Gasteiger partial charge on any atom is 0.0657 e. The third kappa shape index (κ3) is 3.82. The second-order valence-electron chi connectivity index (χ2n) is 6.13. The summed E-state index contributed by atoms with van der Waals surface area (Å²) in [6.07, 6.45) is 6.03. The minimum absolute atomic E-state index is 0.660. The van der Waals surface area contributed by atoms with Crippen LogP contribution in [0.1, 0.15) is 57.5 Å². The van der Waals surface area contributed by atoms with Gasteiger partial charge in [0, 0.05) is 18.3 Å². The van der Waals surface area contributed by atoms with Crippen LogP contribution in [-0.4, -0.2) is 22.4 Å². The summed E-state index contributed by atoms with van der Waals surface area (Å²) < 4.78 is 2.26. The fourth-order valence-corrected chi connectivity index (χ4v) is 2.74. The third-order valence-corrected chi connectivity index (χ3v) is 3.84. The molecular formula is C16H29N3. The monoisotopic (exact) mass is 263 g/mol. The molecule has 0 saturated heterocycles. The average Bonchev–Trinajstić information content (AvgIpc) is 3.12. The summed E-state index contributed by atoms with van der Waals surface area (Å²) in [7, 11) is 0. The molecule has 3 heteroatoms. The fourth-order valence-electron chi connectivity index (χ4n) is 2.74. The van der Waals surface area contributed by atoms with E-state index in [0.717, 1.165) is 38.4 Å². The van der Waals surface area contributed by atoms with E-state index in [9.17, 15) is 0 Å². The molecule has 1 aliphatic rings. The Balaban J connectivity index is 2.09. The summed E-state index contributed by atoms with van der Waals surface area (Å²) in [6.45, 7) is 11.2. The number of aryl methyl sites for hydroxylation is 1. The number of hydrogen-bond acceptors (Lipinski definition) is 2. The van der Waals surface area contributed by atoms with Gasteiger partial charge in [-0.1, -0.05) is 27.7 Å². The van der Waals surface area contributed by atoms with Crippen molar-refractivity contribution < 1.29 is 0 Å². The van der Waals surface area contributed by atoms with Crippen LogP contribution in [-0.2, 0) is 25.8 Å². The Morgan fingerprint density at radius 3 is 2.53 bits per heavy atom. The van der Waals surface area contributed by atoms with Gasteiger partial charge in [0.1, 0.15) is 0 Å². The van der Waals surface area contributed by atoms with Crippen molar-refractivity contribution in [2.75, 3.05) is 6.54 Å². The first kappa shape index (κ1) is 14.6. The van der Waals surface area contributed by atoms with E-state index in [1.165, 1.54) is 29.8 Å². The zero-order valence-electron chi connectivity index (χ0n) is 13.0. The lowest BCUT2D eigenvalue weighted by atomic mass is 10.1. The fraction of sp³-hybridized carbons (Fsp3) is 0.812. The van der Waals surface area contributed by atoms with E-state index in [4.69, 9.17) is 5.10 Å². The molecule has 1 aliphatic carbocycles. The number of nitrogens with one attached hydrogen (secondary N) is 1. The third-order valence-electron chi connectivity index (χ3n) is 3.84. The standard InChI is InChI=1S/C16H29N3/c1-5-15-14(9-10-17-13-7-8-13)16(6-2)19(18-15)11-12(3)4/h12-13,17H,5-11H2,1-4H3. The number of hydrogen-bond donors (Lipinski definition) is 1. The zero-order chi connectivity index (χ0) is 13.8. The predicted octanol–water partition coefficient (Wildman–Crippen LogP) is 2.96. The molecule has 0 spiro atoms. The van der Waals surface area contributed by atoms with E-state index in [1.807, 2.05) is 0 Å². The highest BCUT2D eigenvalue weighted by molar-refractivity contribution is 5.27. The first-order chi connectivity index (χ1) is 9.15. The van der Waals surface area contributed by atoms with Crippen LogP contribution in [0.4, 0.5) is 0 Å². The van der Waals surface area contributed by atoms with Crippen LogP contribution in [0.25, 0.3) is 0 Å². The van der Waals surface area contributed by atoms with Gasteiger partial charge in [0.25, 0.3) is 0 Å². The maximum atomic E-state index is 4.84. The van der Waals surface area contributed by atoms with Crippen LogP contribution < -0.4 is 5.32 Å². The van der Waals surface area contributed by atoms with Crippen molar-refractivity contribution in [2.45, 2.75) is 72.4 Å². The highest BCUT2D eigenvalue weighted by Gasteiger charge is 2.21. The number of rotatable bonds is 8. The van der Waals surface area contributed by atoms with Gasteiger partial charge in [-0.15, -0.1) is 0 Å². The molecule has 2 rings (SSSR count). The molecule has 1 N–H and O–H groups in total. The summed E-state index contributed by atoms with van der Waals surface area (Å²) in [5.41, 5.74) is 4.29. The molecule has 0 unspecified atom stereocenters. The minimum atomic E-state index is 0.660. The summed E-state index contributed by atoms with van der Waals surface area (Å²) in [5, 5.41) is 8.46. The summed E-state index contributed by atoms with van der Waals surface area (Å²) >= 11 is 0. The van der Waals surface area contributed by atoms with Crippen LogP contribution in [0, 0.1) is 5.92 Å². The zero-order valence-corrected chi connectivity index (χ0v) is 13.0. The Kier molecular flexibility index (Phi) is 5.03. The lowest BCUT2D eigenvalue weighted by molar-refractivity contribution is 0.466. The van der Waals surface area contributed by atoms with E-state index in [0.29, 0.717) is 5.92 Å². The van der Waals surface area contributed by atoms with Gasteiger partial charge < -0.3 is 5.32 Å². The van der Waals surface area contributed by atoms with Crippen LogP contribution in [0.5, 0.6) is 0 Å². The molecule has 1 fully saturated rings. The molecule has 0 amide bonds. The molecule has 0 atom stereocenters. The molecule has 1 heterocycles. The lowest BCUT2D eigenvalue weighted by Crippen LogP contribution is -2.20. The minimum Gasteiger partial charge on any atom is -0.314 e. The molecule has 0 aliphatic heterocycles. The largest absolute Gasteiger partial charge is 0.314 e. The number of nitrogens with zero attached hydrogens (tertiary/aromatic N) is 2. The van der Waals surface area contributed by atoms with Crippen molar-refractivity contribution in [3.05, 3.63) is 17.0 Å². The van der Waals surface area contributed by atoms with Gasteiger partial charge in [-0.2, -0.15) is 5.10 Å². The van der Waals surface area contributed by atoms with Crippen LogP contribution in [0.2, 0.25) is 0 Å². The SMILES string of the molecule is CCc1nn(CC(C)C)c(CC)c1CCNC1CC1. The summed E-state index contributed by atoms with van der Waals surface area (Å²) in [4.78, 5) is 0. The van der Waals surface area contributed by atoms with Crippen molar-refractivity contribution in [2.24, 2.45) is 5.92 Å². The van der Waals surface area contributed by atoms with Crippen LogP contribution in [0.15, 0.2) is 0 Å². The molecule has 0 aromatic carbocycles. The van der Waals surface area contributed by atoms with E-state index >= 15 is 0 Å². The molecule has 1 aromatic rings. The van der Waals surface area contributed by atoms with E-state index in [2.05, 4.69) is 37.7 Å². The van der Waals surface area contributed by atoms with E-state index < -0.39 is 0 Å². The van der Waals surface area contributed by atoms with Crippen molar-refractivity contribution in [3.63, 3.8) is 0 Å². The van der Waals surface area contributed by atoms with E-state index in [-0.39, 0.29) is 0 Å². The molecular weight excluding hydrogens is 234 g/mol. The molecule has 1 saturated carbocycles. The van der Waals surface area contributed by atoms with Gasteiger partial charge in [-0.05, 0) is 50.1 Å². The molecule has 0 bridgehead atoms. The molecule has 19 heavy (non-hydrogen) atoms. The first-order valence-electron chi connectivity index (χ1n) is 7.96. The predicted molar refractivity (Wildman–Crippen MR) is 80.5 cm³/mol. The quantitative estimate of drug-likeness (QED) is 0.781. The van der Waals surface area contributed by atoms with Gasteiger partial charge in [0.05, 0.1) is 5.69 Å². The maximum absolute atomic E-state index is 4.84. The average molecular weight is 263 g/mol. The normalized spacial score (nSPS) is 15.4. The van der Waals surface area contributed by atoms with Crippen molar-refractivity contribution in [3.8, 4) is 0 Å². The summed E-state index contributed by atoms with van der Waals surface area (Å²) in [5.74, 6) is 0.660. The molecule has 108 valence electrons. The van der Waals surface area contributed by atoms with Crippen molar-refractivity contribution in [1.82, 2.24) is 15.1 Å². The Labute approximate surface area is 117 Å². The van der Waals surface area contributed by atoms with Crippen molar-refractivity contribution in [1.29, 1.82) is 0 Å². The Morgan fingerprint density at radius 2 is 2.00 bits per heavy atom. The Morgan fingerprint density at radius 1 is 1.26 bits per heavy atom. The van der Waals surface area contributed by atoms with Gasteiger partial charge in [0.2, 0.25) is 0 Å². The van der Waals surface area contributed by atoms with Crippen LogP contribution in [0.3, 0.4) is 0 Å². The van der Waals surface area contributed by atoms with Gasteiger partial charge >= 0.3 is 0 Å². The van der Waals surface area contributed by atoms with Gasteiger partial charge in [0.15, 0.2) is 0 Å². The molecule has 3 nitrogen and oxygen atoms in total. The van der Waals surface area contributed by atoms with Gasteiger partial charge in [-0.25, -0.2) is 0 Å². The second kappa shape index (κ2) is 6.56. The lowest BCUT2D eigenvalue weighted by Gasteiger charge is -2.10. The van der Waals surface area contributed by atoms with Crippen molar-refractivity contribution >= 4 is 0 Å². The second-order valence-corrected chi connectivity index (χ2v) is 6.13. The molecule has 1 aromatic heterocycles. The van der Waals surface area contributed by atoms with Gasteiger partial charge in [-0.3, -0.25) is 4.68 Å². The highest BCUT2D eigenvalue weighted by Crippen LogP contribution is 2.21. The molecule has 0 radical (unpaired) electrons. The topological polar surface area (TPSA) is 29.9 Å². The first-order valence-corrected chi connectivity index (χ1v) is 7.96. The Bertz CT molecular complexity index is 402. The van der Waals surface area contributed by atoms with Crippen LogP contribution >= 0.6 is 0 Å². The Hall–Kier alpha value is -0.830. The van der Waals surface area contributed by atoms with E-state index in [1.54, 1.807) is 0 Å². The highest BCUT2D eigenvalue weighted by atomic mass is 15.3. The summed E-state index contributed by atoms with van der Waals surface area (Å²) in [6, 6.07) is 0.806. The smallest absolute Gasteiger partial charge is 0.0657 e. The number of aromatic nitrogens is 2.